The van der Waals surface area contributed by atoms with Crippen molar-refractivity contribution in [3.8, 4) is 11.4 Å². The highest BCUT2D eigenvalue weighted by molar-refractivity contribution is 9.10. The Labute approximate surface area is 165 Å². The number of benzene rings is 1. The van der Waals surface area contributed by atoms with Gasteiger partial charge in [-0.1, -0.05) is 30.3 Å². The lowest BCUT2D eigenvalue weighted by molar-refractivity contribution is 0.0418. The Hall–Kier alpha value is -1.21. The van der Waals surface area contributed by atoms with Crippen LogP contribution in [0.3, 0.4) is 0 Å². The van der Waals surface area contributed by atoms with E-state index in [1.807, 2.05) is 18.2 Å². The third-order valence-corrected chi connectivity index (χ3v) is 5.95. The second-order valence-electron chi connectivity index (χ2n) is 7.98. The number of aromatic nitrogens is 2. The number of rotatable bonds is 4. The van der Waals surface area contributed by atoms with Gasteiger partial charge < -0.3 is 10.3 Å². The fraction of sp³-hybridized carbons (Fsp3) is 0.550. The van der Waals surface area contributed by atoms with Crippen LogP contribution in [-0.2, 0) is 7.05 Å². The molecule has 2 heterocycles. The first-order chi connectivity index (χ1) is 12.3. The van der Waals surface area contributed by atoms with Gasteiger partial charge in [-0.25, -0.2) is 4.98 Å². The van der Waals surface area contributed by atoms with Crippen molar-refractivity contribution in [1.29, 1.82) is 0 Å². The molecule has 0 saturated carbocycles. The van der Waals surface area contributed by atoms with Crippen molar-refractivity contribution in [3.63, 3.8) is 0 Å². The van der Waals surface area contributed by atoms with Crippen molar-refractivity contribution < 1.29 is 0 Å². The summed E-state index contributed by atoms with van der Waals surface area (Å²) in [5.74, 6) is 0.972. The molecule has 1 fully saturated rings. The van der Waals surface area contributed by atoms with E-state index in [9.17, 15) is 0 Å². The number of halogens is 1. The van der Waals surface area contributed by atoms with E-state index in [0.717, 1.165) is 47.9 Å². The summed E-state index contributed by atoms with van der Waals surface area (Å²) in [6, 6.07) is 10.5. The largest absolute Gasteiger partial charge is 0.329 e. The van der Waals surface area contributed by atoms with Gasteiger partial charge in [0.05, 0.1) is 11.7 Å². The number of hydrogen-bond acceptors (Lipinski definition) is 4. The van der Waals surface area contributed by atoms with Gasteiger partial charge in [0.25, 0.3) is 0 Å². The van der Waals surface area contributed by atoms with Crippen molar-refractivity contribution in [2.45, 2.75) is 32.4 Å². The molecule has 0 radical (unpaired) electrons. The average Bonchev–Trinajstić information content (AvgIpc) is 2.91. The van der Waals surface area contributed by atoms with Crippen LogP contribution in [0.4, 0.5) is 0 Å². The zero-order chi connectivity index (χ0) is 18.9. The maximum absolute atomic E-state index is 6.22. The zero-order valence-electron chi connectivity index (χ0n) is 16.2. The summed E-state index contributed by atoms with van der Waals surface area (Å²) in [5.41, 5.74) is 8.73. The van der Waals surface area contributed by atoms with Gasteiger partial charge in [-0.15, -0.1) is 0 Å². The highest BCUT2D eigenvalue weighted by Gasteiger charge is 2.32. The third-order valence-electron chi connectivity index (χ3n) is 5.37. The molecule has 0 spiro atoms. The van der Waals surface area contributed by atoms with Gasteiger partial charge in [-0.2, -0.15) is 0 Å². The number of imidazole rings is 1. The first kappa shape index (κ1) is 19.5. The van der Waals surface area contributed by atoms with Crippen molar-refractivity contribution in [1.82, 2.24) is 19.4 Å². The predicted molar refractivity (Wildman–Crippen MR) is 111 cm³/mol. The first-order valence-corrected chi connectivity index (χ1v) is 10.1. The maximum Gasteiger partial charge on any atom is 0.141 e. The van der Waals surface area contributed by atoms with Gasteiger partial charge in [0.1, 0.15) is 10.4 Å². The topological polar surface area (TPSA) is 50.3 Å². The lowest BCUT2D eigenvalue weighted by Gasteiger charge is -2.44. The maximum atomic E-state index is 6.22. The Kier molecular flexibility index (Phi) is 5.87. The van der Waals surface area contributed by atoms with E-state index >= 15 is 0 Å². The molecule has 6 heteroatoms. The molecule has 0 bridgehead atoms. The van der Waals surface area contributed by atoms with Crippen LogP contribution in [-0.4, -0.2) is 57.6 Å². The Balaban J connectivity index is 1.85. The highest BCUT2D eigenvalue weighted by atomic mass is 79.9. The predicted octanol–water partition coefficient (Wildman–Crippen LogP) is 3.27. The summed E-state index contributed by atoms with van der Waals surface area (Å²) in [6.07, 6.45) is 0. The summed E-state index contributed by atoms with van der Waals surface area (Å²) in [7, 11) is 2.09. The zero-order valence-corrected chi connectivity index (χ0v) is 17.8. The van der Waals surface area contributed by atoms with Crippen LogP contribution in [0.5, 0.6) is 0 Å². The van der Waals surface area contributed by atoms with Gasteiger partial charge in [0, 0.05) is 50.9 Å². The molecular formula is C20H30BrN5. The van der Waals surface area contributed by atoms with E-state index in [4.69, 9.17) is 10.7 Å². The van der Waals surface area contributed by atoms with Crippen LogP contribution in [0.1, 0.15) is 32.5 Å². The van der Waals surface area contributed by atoms with Crippen molar-refractivity contribution >= 4 is 15.9 Å². The Bertz CT molecular complexity index is 727. The van der Waals surface area contributed by atoms with Crippen LogP contribution < -0.4 is 5.73 Å². The number of nitrogens with zero attached hydrogens (tertiary/aromatic N) is 4. The summed E-state index contributed by atoms with van der Waals surface area (Å²) in [6.45, 7) is 11.6. The van der Waals surface area contributed by atoms with E-state index < -0.39 is 0 Å². The smallest absolute Gasteiger partial charge is 0.141 e. The lowest BCUT2D eigenvalue weighted by atomic mass is 10.0. The number of hydrogen-bond donors (Lipinski definition) is 1. The molecule has 142 valence electrons. The summed E-state index contributed by atoms with van der Waals surface area (Å²) in [5, 5.41) is 0. The minimum Gasteiger partial charge on any atom is -0.329 e. The number of nitrogens with two attached hydrogens (primary N) is 1. The second kappa shape index (κ2) is 7.80. The van der Waals surface area contributed by atoms with Gasteiger partial charge >= 0.3 is 0 Å². The van der Waals surface area contributed by atoms with Crippen molar-refractivity contribution in [3.05, 3.63) is 40.6 Å². The van der Waals surface area contributed by atoms with Crippen LogP contribution in [0.25, 0.3) is 11.4 Å². The molecule has 1 unspecified atom stereocenters. The molecule has 1 aliphatic rings. The Morgan fingerprint density at radius 2 is 1.73 bits per heavy atom. The fourth-order valence-corrected chi connectivity index (χ4v) is 4.52. The van der Waals surface area contributed by atoms with E-state index in [-0.39, 0.29) is 11.6 Å². The van der Waals surface area contributed by atoms with Gasteiger partial charge in [0.15, 0.2) is 0 Å². The minimum atomic E-state index is 0.168. The molecule has 1 aliphatic heterocycles. The molecular weight excluding hydrogens is 390 g/mol. The first-order valence-electron chi connectivity index (χ1n) is 9.29. The third kappa shape index (κ3) is 3.88. The molecule has 3 rings (SSSR count). The minimum absolute atomic E-state index is 0.168. The van der Waals surface area contributed by atoms with Gasteiger partial charge in [-0.3, -0.25) is 9.80 Å². The molecule has 5 nitrogen and oxygen atoms in total. The number of piperazine rings is 1. The molecule has 1 atom stereocenters. The lowest BCUT2D eigenvalue weighted by Crippen LogP contribution is -2.54. The average molecular weight is 420 g/mol. The van der Waals surface area contributed by atoms with E-state index in [1.54, 1.807) is 0 Å². The van der Waals surface area contributed by atoms with E-state index in [2.05, 4.69) is 70.2 Å². The molecule has 0 aliphatic carbocycles. The molecule has 0 amide bonds. The monoisotopic (exact) mass is 419 g/mol. The quantitative estimate of drug-likeness (QED) is 0.825. The summed E-state index contributed by atoms with van der Waals surface area (Å²) < 4.78 is 3.08. The van der Waals surface area contributed by atoms with Crippen molar-refractivity contribution in [2.24, 2.45) is 12.8 Å². The molecule has 2 aromatic rings. The van der Waals surface area contributed by atoms with Crippen LogP contribution in [0.2, 0.25) is 0 Å². The van der Waals surface area contributed by atoms with Gasteiger partial charge in [0.2, 0.25) is 0 Å². The molecule has 26 heavy (non-hydrogen) atoms. The Morgan fingerprint density at radius 1 is 1.12 bits per heavy atom. The molecule has 1 saturated heterocycles. The highest BCUT2D eigenvalue weighted by Crippen LogP contribution is 2.32. The normalized spacial score (nSPS) is 18.2. The molecule has 1 aromatic heterocycles. The van der Waals surface area contributed by atoms with Gasteiger partial charge in [-0.05, 0) is 36.7 Å². The van der Waals surface area contributed by atoms with Crippen molar-refractivity contribution in [2.75, 3.05) is 32.7 Å². The van der Waals surface area contributed by atoms with Crippen LogP contribution in [0, 0.1) is 0 Å². The molecule has 2 N–H and O–H groups in total. The van der Waals surface area contributed by atoms with E-state index in [0.29, 0.717) is 6.54 Å². The summed E-state index contributed by atoms with van der Waals surface area (Å²) >= 11 is 3.69. The van der Waals surface area contributed by atoms with Crippen LogP contribution in [0.15, 0.2) is 34.9 Å². The standard InChI is InChI=1S/C20H30BrN5/c1-20(2,3)26-12-10-25(11-13-26)16(14-22)17-18(21)23-19(24(17)4)15-8-6-5-7-9-15/h5-9,16H,10-14,22H2,1-4H3. The van der Waals surface area contributed by atoms with E-state index in [1.165, 1.54) is 0 Å². The second-order valence-corrected chi connectivity index (χ2v) is 8.73. The van der Waals surface area contributed by atoms with Crippen LogP contribution >= 0.6 is 15.9 Å². The SMILES string of the molecule is Cn1c(-c2ccccc2)nc(Br)c1C(CN)N1CCN(C(C)(C)C)CC1. The summed E-state index contributed by atoms with van der Waals surface area (Å²) in [4.78, 5) is 9.83. The Morgan fingerprint density at radius 3 is 2.27 bits per heavy atom. The fourth-order valence-electron chi connectivity index (χ4n) is 3.82. The molecule has 1 aromatic carbocycles.